The van der Waals surface area contributed by atoms with Crippen molar-refractivity contribution in [1.29, 1.82) is 0 Å². The Labute approximate surface area is 194 Å². The standard InChI is InChI=1S/C23H23BrN2O5S/c1-14(2)31-13-20-25-22(27)21(32(29,30)17-10-8-16(24)9-11-17)23(28)26(20)19-12-7-15-5-3-4-6-18(15)19/h3-6,8-11,14,19,27H,7,12-13H2,1-2H3/t19-/m0/s1. The minimum Gasteiger partial charge on any atom is -0.492 e. The molecule has 3 aromatic rings. The summed E-state index contributed by atoms with van der Waals surface area (Å²) in [6.45, 7) is 3.66. The van der Waals surface area contributed by atoms with Crippen LogP contribution in [-0.4, -0.2) is 29.2 Å². The van der Waals surface area contributed by atoms with Crippen molar-refractivity contribution in [2.45, 2.75) is 55.2 Å². The molecule has 1 N–H and O–H groups in total. The molecule has 1 aliphatic carbocycles. The fourth-order valence-electron chi connectivity index (χ4n) is 3.98. The smallest absolute Gasteiger partial charge is 0.277 e. The molecule has 32 heavy (non-hydrogen) atoms. The van der Waals surface area contributed by atoms with Gasteiger partial charge in [0.1, 0.15) is 12.4 Å². The number of sulfone groups is 1. The molecule has 0 bridgehead atoms. The molecule has 0 aliphatic heterocycles. The van der Waals surface area contributed by atoms with Crippen LogP contribution >= 0.6 is 15.9 Å². The number of hydrogen-bond acceptors (Lipinski definition) is 6. The molecule has 1 aromatic heterocycles. The van der Waals surface area contributed by atoms with Crippen molar-refractivity contribution in [2.24, 2.45) is 0 Å². The summed E-state index contributed by atoms with van der Waals surface area (Å²) in [5.74, 6) is -0.625. The molecule has 9 heteroatoms. The van der Waals surface area contributed by atoms with Gasteiger partial charge in [0.2, 0.25) is 15.7 Å². The fourth-order valence-corrected chi connectivity index (χ4v) is 5.59. The van der Waals surface area contributed by atoms with Crippen LogP contribution in [0.4, 0.5) is 0 Å². The van der Waals surface area contributed by atoms with Crippen LogP contribution in [0.1, 0.15) is 43.3 Å². The van der Waals surface area contributed by atoms with Gasteiger partial charge in [0.25, 0.3) is 5.56 Å². The highest BCUT2D eigenvalue weighted by molar-refractivity contribution is 9.10. The minimum absolute atomic E-state index is 0.0300. The van der Waals surface area contributed by atoms with E-state index in [1.165, 1.54) is 16.7 Å². The van der Waals surface area contributed by atoms with Gasteiger partial charge in [0.15, 0.2) is 4.90 Å². The predicted molar refractivity (Wildman–Crippen MR) is 123 cm³/mol. The summed E-state index contributed by atoms with van der Waals surface area (Å²) in [5.41, 5.74) is 1.25. The lowest BCUT2D eigenvalue weighted by atomic mass is 10.1. The molecule has 0 saturated heterocycles. The molecular formula is C23H23BrN2O5S. The zero-order chi connectivity index (χ0) is 23.0. The van der Waals surface area contributed by atoms with E-state index >= 15 is 0 Å². The van der Waals surface area contributed by atoms with E-state index in [2.05, 4.69) is 20.9 Å². The number of aromatic nitrogens is 2. The van der Waals surface area contributed by atoms with Gasteiger partial charge in [-0.2, -0.15) is 4.98 Å². The van der Waals surface area contributed by atoms with Crippen LogP contribution < -0.4 is 5.56 Å². The van der Waals surface area contributed by atoms with Crippen LogP contribution in [0, 0.1) is 0 Å². The summed E-state index contributed by atoms with van der Waals surface area (Å²) in [7, 11) is -4.30. The highest BCUT2D eigenvalue weighted by atomic mass is 79.9. The van der Waals surface area contributed by atoms with E-state index < -0.39 is 32.2 Å². The maximum Gasteiger partial charge on any atom is 0.277 e. The lowest BCUT2D eigenvalue weighted by molar-refractivity contribution is 0.0574. The first-order valence-electron chi connectivity index (χ1n) is 10.2. The second-order valence-electron chi connectivity index (χ2n) is 7.93. The molecule has 0 unspecified atom stereocenters. The first-order valence-corrected chi connectivity index (χ1v) is 12.5. The van der Waals surface area contributed by atoms with E-state index in [0.717, 1.165) is 17.5 Å². The van der Waals surface area contributed by atoms with Crippen LogP contribution in [0.15, 0.2) is 67.6 Å². The van der Waals surface area contributed by atoms with Crippen molar-refractivity contribution in [2.75, 3.05) is 0 Å². The number of benzene rings is 2. The molecule has 1 atom stereocenters. The highest BCUT2D eigenvalue weighted by Gasteiger charge is 2.34. The number of aromatic hydroxyl groups is 1. The maximum absolute atomic E-state index is 13.7. The Balaban J connectivity index is 1.93. The van der Waals surface area contributed by atoms with E-state index in [-0.39, 0.29) is 23.4 Å². The Morgan fingerprint density at radius 3 is 2.56 bits per heavy atom. The topological polar surface area (TPSA) is 98.5 Å². The predicted octanol–water partition coefficient (Wildman–Crippen LogP) is 4.00. The molecule has 7 nitrogen and oxygen atoms in total. The SMILES string of the molecule is CC(C)OCc1nc(O)c(S(=O)(=O)c2ccc(Br)cc2)c(=O)n1[C@H]1CCc2ccccc21. The number of rotatable bonds is 6. The summed E-state index contributed by atoms with van der Waals surface area (Å²) in [5, 5.41) is 10.6. The van der Waals surface area contributed by atoms with Gasteiger partial charge in [-0.3, -0.25) is 9.36 Å². The number of fused-ring (bicyclic) bond motifs is 1. The monoisotopic (exact) mass is 518 g/mol. The average molecular weight is 519 g/mol. The Kier molecular flexibility index (Phi) is 6.24. The van der Waals surface area contributed by atoms with E-state index in [1.807, 2.05) is 38.1 Å². The molecule has 2 aromatic carbocycles. The number of hydrogen-bond donors (Lipinski definition) is 1. The second-order valence-corrected chi connectivity index (χ2v) is 10.7. The number of nitrogens with zero attached hydrogens (tertiary/aromatic N) is 2. The lowest BCUT2D eigenvalue weighted by Crippen LogP contribution is -2.33. The molecular weight excluding hydrogens is 496 g/mol. The zero-order valence-corrected chi connectivity index (χ0v) is 20.1. The number of halogens is 1. The quantitative estimate of drug-likeness (QED) is 0.529. The van der Waals surface area contributed by atoms with Gasteiger partial charge in [-0.05, 0) is 62.1 Å². The third kappa shape index (κ3) is 4.12. The van der Waals surface area contributed by atoms with Gasteiger partial charge in [0, 0.05) is 4.47 Å². The van der Waals surface area contributed by atoms with Gasteiger partial charge in [-0.25, -0.2) is 8.42 Å². The lowest BCUT2D eigenvalue weighted by Gasteiger charge is -2.21. The van der Waals surface area contributed by atoms with E-state index in [9.17, 15) is 18.3 Å². The van der Waals surface area contributed by atoms with Crippen LogP contribution in [0.5, 0.6) is 5.88 Å². The third-order valence-electron chi connectivity index (χ3n) is 5.48. The van der Waals surface area contributed by atoms with Crippen molar-refractivity contribution < 1.29 is 18.3 Å². The number of ether oxygens (including phenoxy) is 1. The normalized spacial score (nSPS) is 15.8. The third-order valence-corrected chi connectivity index (χ3v) is 7.80. The van der Waals surface area contributed by atoms with Gasteiger partial charge < -0.3 is 9.84 Å². The van der Waals surface area contributed by atoms with Crippen molar-refractivity contribution in [3.63, 3.8) is 0 Å². The molecule has 0 spiro atoms. The molecule has 4 rings (SSSR count). The second kappa shape index (κ2) is 8.80. The molecule has 1 aliphatic rings. The fraction of sp³-hybridized carbons (Fsp3) is 0.304. The van der Waals surface area contributed by atoms with Crippen molar-refractivity contribution in [3.05, 3.63) is 80.3 Å². The Morgan fingerprint density at radius 2 is 1.88 bits per heavy atom. The first-order chi connectivity index (χ1) is 15.2. The summed E-state index contributed by atoms with van der Waals surface area (Å²) < 4.78 is 34.4. The van der Waals surface area contributed by atoms with Crippen molar-refractivity contribution in [3.8, 4) is 5.88 Å². The van der Waals surface area contributed by atoms with Gasteiger partial charge >= 0.3 is 0 Å². The van der Waals surface area contributed by atoms with Crippen LogP contribution in [0.25, 0.3) is 0 Å². The van der Waals surface area contributed by atoms with Gasteiger partial charge in [-0.15, -0.1) is 0 Å². The Hall–Kier alpha value is -2.49. The van der Waals surface area contributed by atoms with Crippen LogP contribution in [0.3, 0.4) is 0 Å². The Morgan fingerprint density at radius 1 is 1.19 bits per heavy atom. The Bertz CT molecular complexity index is 1320. The molecule has 0 saturated carbocycles. The molecule has 1 heterocycles. The molecule has 0 radical (unpaired) electrons. The van der Waals surface area contributed by atoms with Crippen molar-refractivity contribution >= 4 is 25.8 Å². The summed E-state index contributed by atoms with van der Waals surface area (Å²) in [6.07, 6.45) is 1.25. The van der Waals surface area contributed by atoms with Gasteiger partial charge in [-0.1, -0.05) is 40.2 Å². The summed E-state index contributed by atoms with van der Waals surface area (Å²) in [4.78, 5) is 17.0. The first kappa shape index (κ1) is 22.7. The van der Waals surface area contributed by atoms with E-state index in [1.54, 1.807) is 12.1 Å². The molecule has 0 amide bonds. The molecule has 168 valence electrons. The van der Waals surface area contributed by atoms with Crippen LogP contribution in [-0.2, 0) is 27.6 Å². The minimum atomic E-state index is -4.30. The zero-order valence-electron chi connectivity index (χ0n) is 17.7. The van der Waals surface area contributed by atoms with E-state index in [4.69, 9.17) is 4.74 Å². The summed E-state index contributed by atoms with van der Waals surface area (Å²) >= 11 is 3.27. The summed E-state index contributed by atoms with van der Waals surface area (Å²) in [6, 6.07) is 13.2. The number of aryl methyl sites for hydroxylation is 1. The van der Waals surface area contributed by atoms with Crippen molar-refractivity contribution in [1.82, 2.24) is 9.55 Å². The van der Waals surface area contributed by atoms with Crippen LogP contribution in [0.2, 0.25) is 0 Å². The largest absolute Gasteiger partial charge is 0.492 e. The van der Waals surface area contributed by atoms with Gasteiger partial charge in [0.05, 0.1) is 17.0 Å². The highest BCUT2D eigenvalue weighted by Crippen LogP contribution is 2.35. The van der Waals surface area contributed by atoms with E-state index in [0.29, 0.717) is 10.9 Å². The molecule has 0 fully saturated rings. The maximum atomic E-state index is 13.7. The average Bonchev–Trinajstić information content (AvgIpc) is 3.16.